The van der Waals surface area contributed by atoms with E-state index in [1.165, 1.54) is 24.1 Å². The largest absolute Gasteiger partial charge is 0.355 e. The fraction of sp³-hybridized carbons (Fsp3) is 0.529. The van der Waals surface area contributed by atoms with Gasteiger partial charge in [-0.25, -0.2) is 4.98 Å². The molecule has 1 fully saturated rings. The van der Waals surface area contributed by atoms with Gasteiger partial charge in [-0.2, -0.15) is 5.10 Å². The molecule has 22 heavy (non-hydrogen) atoms. The molecule has 0 bridgehead atoms. The molecule has 1 saturated heterocycles. The molecule has 0 spiro atoms. The van der Waals surface area contributed by atoms with Crippen LogP contribution in [0.4, 0.5) is 5.82 Å². The van der Waals surface area contributed by atoms with E-state index in [2.05, 4.69) is 46.0 Å². The molecule has 5 nitrogen and oxygen atoms in total. The maximum absolute atomic E-state index is 4.49. The second-order valence-corrected chi connectivity index (χ2v) is 6.22. The van der Waals surface area contributed by atoms with Gasteiger partial charge >= 0.3 is 0 Å². The van der Waals surface area contributed by atoms with Crippen LogP contribution in [-0.2, 0) is 13.6 Å². The molecule has 1 unspecified atom stereocenters. The first-order chi connectivity index (χ1) is 10.6. The van der Waals surface area contributed by atoms with Crippen LogP contribution in [0.1, 0.15) is 24.1 Å². The molecule has 3 rings (SSSR count). The Morgan fingerprint density at radius 1 is 1.36 bits per heavy atom. The van der Waals surface area contributed by atoms with Gasteiger partial charge in [-0.05, 0) is 38.9 Å². The summed E-state index contributed by atoms with van der Waals surface area (Å²) in [5, 5.41) is 4.35. The van der Waals surface area contributed by atoms with E-state index < -0.39 is 0 Å². The fourth-order valence-electron chi connectivity index (χ4n) is 3.16. The number of likely N-dealkylation sites (N-methyl/N-ethyl adjacent to an activating group) is 1. The Bertz CT molecular complexity index is 607. The Morgan fingerprint density at radius 2 is 2.23 bits per heavy atom. The third-order valence-electron chi connectivity index (χ3n) is 4.75. The topological polar surface area (TPSA) is 37.2 Å². The molecular formula is C17H25N5. The van der Waals surface area contributed by atoms with Crippen LogP contribution < -0.4 is 4.90 Å². The van der Waals surface area contributed by atoms with Crippen molar-refractivity contribution in [3.63, 3.8) is 0 Å². The number of rotatable bonds is 4. The lowest BCUT2D eigenvalue weighted by molar-refractivity contribution is 0.207. The molecule has 5 heteroatoms. The zero-order chi connectivity index (χ0) is 15.5. The molecule has 1 aliphatic heterocycles. The zero-order valence-corrected chi connectivity index (χ0v) is 13.7. The standard InChI is InChI=1S/C17H25N5/c1-14-15(11-19-21(14)3)12-20(2)16-7-6-10-22(13-16)17-8-4-5-9-18-17/h4-5,8-9,11,16H,6-7,10,12-13H2,1-3H3. The molecule has 1 aliphatic rings. The lowest BCUT2D eigenvalue weighted by Gasteiger charge is -2.38. The van der Waals surface area contributed by atoms with Gasteiger partial charge in [0.05, 0.1) is 6.20 Å². The summed E-state index contributed by atoms with van der Waals surface area (Å²) in [6.07, 6.45) is 6.34. The minimum atomic E-state index is 0.565. The predicted molar refractivity (Wildman–Crippen MR) is 88.9 cm³/mol. The number of aryl methyl sites for hydroxylation is 1. The first-order valence-electron chi connectivity index (χ1n) is 7.99. The Kier molecular flexibility index (Phi) is 4.43. The molecule has 0 radical (unpaired) electrons. The summed E-state index contributed by atoms with van der Waals surface area (Å²) in [7, 11) is 4.22. The zero-order valence-electron chi connectivity index (χ0n) is 13.7. The van der Waals surface area contributed by atoms with E-state index >= 15 is 0 Å². The van der Waals surface area contributed by atoms with E-state index in [1.807, 2.05) is 30.2 Å². The fourth-order valence-corrected chi connectivity index (χ4v) is 3.16. The van der Waals surface area contributed by atoms with Crippen LogP contribution in [0.3, 0.4) is 0 Å². The summed E-state index contributed by atoms with van der Waals surface area (Å²) in [5.41, 5.74) is 2.57. The summed E-state index contributed by atoms with van der Waals surface area (Å²) in [6.45, 7) is 5.25. The molecule has 118 valence electrons. The quantitative estimate of drug-likeness (QED) is 0.867. The summed E-state index contributed by atoms with van der Waals surface area (Å²) in [4.78, 5) is 9.35. The predicted octanol–water partition coefficient (Wildman–Crippen LogP) is 2.22. The molecular weight excluding hydrogens is 274 g/mol. The number of hydrogen-bond acceptors (Lipinski definition) is 4. The van der Waals surface area contributed by atoms with Crippen LogP contribution in [0.25, 0.3) is 0 Å². The van der Waals surface area contributed by atoms with Gasteiger partial charge in [0, 0.05) is 50.2 Å². The monoisotopic (exact) mass is 299 g/mol. The number of aromatic nitrogens is 3. The SMILES string of the molecule is Cc1c(CN(C)C2CCCN(c3ccccn3)C2)cnn1C. The lowest BCUT2D eigenvalue weighted by Crippen LogP contribution is -2.46. The van der Waals surface area contributed by atoms with Gasteiger partial charge in [0.1, 0.15) is 5.82 Å². The highest BCUT2D eigenvalue weighted by Gasteiger charge is 2.24. The average Bonchev–Trinajstić information content (AvgIpc) is 2.88. The van der Waals surface area contributed by atoms with Gasteiger partial charge in [0.25, 0.3) is 0 Å². The van der Waals surface area contributed by atoms with Gasteiger partial charge in [0.15, 0.2) is 0 Å². The molecule has 0 aliphatic carbocycles. The van der Waals surface area contributed by atoms with E-state index in [-0.39, 0.29) is 0 Å². The van der Waals surface area contributed by atoms with Crippen molar-refractivity contribution in [3.8, 4) is 0 Å². The third kappa shape index (κ3) is 3.14. The van der Waals surface area contributed by atoms with Crippen LogP contribution in [-0.4, -0.2) is 45.8 Å². The molecule has 3 heterocycles. The average molecular weight is 299 g/mol. The smallest absolute Gasteiger partial charge is 0.128 e. The normalized spacial score (nSPS) is 18.9. The number of nitrogens with zero attached hydrogens (tertiary/aromatic N) is 5. The Morgan fingerprint density at radius 3 is 2.91 bits per heavy atom. The van der Waals surface area contributed by atoms with Crippen LogP contribution in [0.2, 0.25) is 0 Å². The van der Waals surface area contributed by atoms with Gasteiger partial charge in [0.2, 0.25) is 0 Å². The lowest BCUT2D eigenvalue weighted by atomic mass is 10.0. The molecule has 0 saturated carbocycles. The highest BCUT2D eigenvalue weighted by Crippen LogP contribution is 2.21. The third-order valence-corrected chi connectivity index (χ3v) is 4.75. The molecule has 0 N–H and O–H groups in total. The number of pyridine rings is 1. The van der Waals surface area contributed by atoms with Crippen LogP contribution in [0, 0.1) is 6.92 Å². The Balaban J connectivity index is 1.65. The van der Waals surface area contributed by atoms with Crippen LogP contribution in [0.5, 0.6) is 0 Å². The van der Waals surface area contributed by atoms with E-state index in [9.17, 15) is 0 Å². The van der Waals surface area contributed by atoms with Crippen molar-refractivity contribution in [3.05, 3.63) is 41.9 Å². The second-order valence-electron chi connectivity index (χ2n) is 6.22. The van der Waals surface area contributed by atoms with Crippen molar-refractivity contribution in [2.75, 3.05) is 25.0 Å². The molecule has 2 aromatic rings. The molecule has 0 amide bonds. The van der Waals surface area contributed by atoms with Crippen molar-refractivity contribution < 1.29 is 0 Å². The second kappa shape index (κ2) is 6.48. The van der Waals surface area contributed by atoms with Gasteiger partial charge in [-0.1, -0.05) is 6.07 Å². The van der Waals surface area contributed by atoms with Crippen LogP contribution in [0.15, 0.2) is 30.6 Å². The van der Waals surface area contributed by atoms with Crippen molar-refractivity contribution in [2.45, 2.75) is 32.4 Å². The number of hydrogen-bond donors (Lipinski definition) is 0. The first kappa shape index (κ1) is 15.0. The molecule has 0 aromatic carbocycles. The van der Waals surface area contributed by atoms with E-state index in [1.54, 1.807) is 0 Å². The minimum absolute atomic E-state index is 0.565. The van der Waals surface area contributed by atoms with E-state index in [0.29, 0.717) is 6.04 Å². The van der Waals surface area contributed by atoms with E-state index in [0.717, 1.165) is 25.5 Å². The molecule has 2 aromatic heterocycles. The maximum atomic E-state index is 4.49. The van der Waals surface area contributed by atoms with Crippen molar-refractivity contribution in [2.24, 2.45) is 7.05 Å². The van der Waals surface area contributed by atoms with Gasteiger partial charge < -0.3 is 4.90 Å². The number of anilines is 1. The Hall–Kier alpha value is -1.88. The van der Waals surface area contributed by atoms with Crippen LogP contribution >= 0.6 is 0 Å². The molecule has 1 atom stereocenters. The summed E-state index contributed by atoms with van der Waals surface area (Å²) >= 11 is 0. The van der Waals surface area contributed by atoms with Crippen molar-refractivity contribution >= 4 is 5.82 Å². The Labute approximate surface area is 132 Å². The summed E-state index contributed by atoms with van der Waals surface area (Å²) < 4.78 is 1.95. The van der Waals surface area contributed by atoms with E-state index in [4.69, 9.17) is 0 Å². The highest BCUT2D eigenvalue weighted by molar-refractivity contribution is 5.38. The van der Waals surface area contributed by atoms with Crippen molar-refractivity contribution in [1.82, 2.24) is 19.7 Å². The minimum Gasteiger partial charge on any atom is -0.355 e. The highest BCUT2D eigenvalue weighted by atomic mass is 15.3. The number of piperidine rings is 1. The van der Waals surface area contributed by atoms with Gasteiger partial charge in [-0.3, -0.25) is 9.58 Å². The first-order valence-corrected chi connectivity index (χ1v) is 7.99. The summed E-state index contributed by atoms with van der Waals surface area (Å²) in [6, 6.07) is 6.71. The van der Waals surface area contributed by atoms with Gasteiger partial charge in [-0.15, -0.1) is 0 Å². The summed E-state index contributed by atoms with van der Waals surface area (Å²) in [5.74, 6) is 1.10. The maximum Gasteiger partial charge on any atom is 0.128 e. The van der Waals surface area contributed by atoms with Crippen molar-refractivity contribution in [1.29, 1.82) is 0 Å².